The van der Waals surface area contributed by atoms with Gasteiger partial charge in [0.25, 0.3) is 5.56 Å². The number of amides is 1. The van der Waals surface area contributed by atoms with Crippen molar-refractivity contribution in [2.24, 2.45) is 0 Å². The van der Waals surface area contributed by atoms with Crippen LogP contribution in [0.1, 0.15) is 54.0 Å². The maximum atomic E-state index is 13.7. The van der Waals surface area contributed by atoms with Crippen LogP contribution in [0.5, 0.6) is 0 Å². The van der Waals surface area contributed by atoms with Gasteiger partial charge in [0, 0.05) is 29.3 Å². The van der Waals surface area contributed by atoms with Crippen LogP contribution in [0.2, 0.25) is 0 Å². The molecule has 134 valence electrons. The number of rotatable bonds is 4. The minimum atomic E-state index is -0.264. The zero-order chi connectivity index (χ0) is 18.3. The molecule has 0 unspecified atom stereocenters. The van der Waals surface area contributed by atoms with Gasteiger partial charge in [-0.25, -0.2) is 4.39 Å². The van der Waals surface area contributed by atoms with Crippen molar-refractivity contribution in [1.29, 1.82) is 0 Å². The summed E-state index contributed by atoms with van der Waals surface area (Å²) in [4.78, 5) is 27.0. The summed E-state index contributed by atoms with van der Waals surface area (Å²) in [5, 5.41) is 2.92. The summed E-state index contributed by atoms with van der Waals surface area (Å²) in [6.07, 6.45) is 5.30. The lowest BCUT2D eigenvalue weighted by Gasteiger charge is -2.13. The predicted molar refractivity (Wildman–Crippen MR) is 98.4 cm³/mol. The van der Waals surface area contributed by atoms with Gasteiger partial charge in [-0.2, -0.15) is 0 Å². The number of hydrogen-bond acceptors (Lipinski definition) is 2. The second-order valence-corrected chi connectivity index (χ2v) is 7.19. The first-order valence-electron chi connectivity index (χ1n) is 9.02. The molecule has 1 aliphatic carbocycles. The quantitative estimate of drug-likeness (QED) is 0.886. The Morgan fingerprint density at radius 1 is 1.15 bits per heavy atom. The van der Waals surface area contributed by atoms with Crippen LogP contribution in [-0.4, -0.2) is 16.9 Å². The second kappa shape index (κ2) is 6.56. The SMILES string of the molecule is Cc1cc(/C(=C\[C@H]2CCC(=O)N2)c2ccc(C3CC3)c(=O)[nH]2)ccc1F. The molecule has 1 amide bonds. The van der Waals surface area contributed by atoms with Gasteiger partial charge < -0.3 is 10.3 Å². The largest absolute Gasteiger partial charge is 0.350 e. The number of aromatic amines is 1. The molecule has 1 aliphatic heterocycles. The van der Waals surface area contributed by atoms with Crippen molar-refractivity contribution in [3.8, 4) is 0 Å². The Hall–Kier alpha value is -2.69. The standard InChI is InChI=1S/C21H21FN2O2/c1-12-10-14(4-7-18(12)22)17(11-15-5-9-20(25)23-15)19-8-6-16(13-2-3-13)21(26)24-19/h4,6-8,10-11,13,15H,2-3,5,9H2,1H3,(H,23,25)(H,24,26)/b17-11+/t15-/m1/s1. The Labute approximate surface area is 151 Å². The number of halogens is 1. The summed E-state index contributed by atoms with van der Waals surface area (Å²) in [6.45, 7) is 1.72. The molecule has 4 nitrogen and oxygen atoms in total. The molecular weight excluding hydrogens is 331 g/mol. The van der Waals surface area contributed by atoms with E-state index >= 15 is 0 Å². The summed E-state index contributed by atoms with van der Waals surface area (Å²) < 4.78 is 13.7. The topological polar surface area (TPSA) is 62.0 Å². The van der Waals surface area contributed by atoms with Crippen LogP contribution in [0.25, 0.3) is 5.57 Å². The Morgan fingerprint density at radius 2 is 1.96 bits per heavy atom. The van der Waals surface area contributed by atoms with E-state index in [0.29, 0.717) is 30.0 Å². The Kier molecular flexibility index (Phi) is 4.23. The maximum Gasteiger partial charge on any atom is 0.251 e. The molecule has 1 saturated carbocycles. The number of carbonyl (C=O) groups excluding carboxylic acids is 1. The predicted octanol–water partition coefficient (Wildman–Crippen LogP) is 3.41. The first-order valence-corrected chi connectivity index (χ1v) is 9.02. The van der Waals surface area contributed by atoms with E-state index in [0.717, 1.165) is 29.5 Å². The van der Waals surface area contributed by atoms with Gasteiger partial charge in [-0.1, -0.05) is 18.2 Å². The van der Waals surface area contributed by atoms with Crippen molar-refractivity contribution in [3.63, 3.8) is 0 Å². The fraction of sp³-hybridized carbons (Fsp3) is 0.333. The molecule has 26 heavy (non-hydrogen) atoms. The third-order valence-electron chi connectivity index (χ3n) is 5.11. The van der Waals surface area contributed by atoms with Gasteiger partial charge in [0.05, 0.1) is 0 Å². The summed E-state index contributed by atoms with van der Waals surface area (Å²) >= 11 is 0. The highest BCUT2D eigenvalue weighted by atomic mass is 19.1. The van der Waals surface area contributed by atoms with Crippen LogP contribution in [0.3, 0.4) is 0 Å². The fourth-order valence-corrected chi connectivity index (χ4v) is 3.48. The van der Waals surface area contributed by atoms with Gasteiger partial charge in [-0.3, -0.25) is 9.59 Å². The summed E-state index contributed by atoms with van der Waals surface area (Å²) in [6, 6.07) is 8.62. The number of carbonyl (C=O) groups is 1. The van der Waals surface area contributed by atoms with E-state index in [4.69, 9.17) is 0 Å². The fourth-order valence-electron chi connectivity index (χ4n) is 3.48. The van der Waals surface area contributed by atoms with Gasteiger partial charge in [0.15, 0.2) is 0 Å². The van der Waals surface area contributed by atoms with Crippen LogP contribution < -0.4 is 10.9 Å². The highest BCUT2D eigenvalue weighted by Gasteiger charge is 2.26. The first kappa shape index (κ1) is 16.8. The Bertz CT molecular complexity index is 957. The third kappa shape index (κ3) is 3.34. The van der Waals surface area contributed by atoms with E-state index < -0.39 is 0 Å². The van der Waals surface area contributed by atoms with Gasteiger partial charge in [-0.05, 0) is 61.4 Å². The molecule has 2 aliphatic rings. The zero-order valence-corrected chi connectivity index (χ0v) is 14.6. The molecule has 4 rings (SSSR count). The van der Waals surface area contributed by atoms with Crippen molar-refractivity contribution >= 4 is 11.5 Å². The molecule has 1 saturated heterocycles. The molecule has 0 bridgehead atoms. The molecule has 0 radical (unpaired) electrons. The number of aromatic nitrogens is 1. The number of benzene rings is 1. The molecular formula is C21H21FN2O2. The lowest BCUT2D eigenvalue weighted by Crippen LogP contribution is -2.23. The van der Waals surface area contributed by atoms with E-state index in [-0.39, 0.29) is 23.3 Å². The average molecular weight is 352 g/mol. The van der Waals surface area contributed by atoms with E-state index in [2.05, 4.69) is 10.3 Å². The molecule has 5 heteroatoms. The van der Waals surface area contributed by atoms with Crippen LogP contribution in [0, 0.1) is 12.7 Å². The lowest BCUT2D eigenvalue weighted by atomic mass is 9.97. The molecule has 1 atom stereocenters. The average Bonchev–Trinajstić information content (AvgIpc) is 3.37. The van der Waals surface area contributed by atoms with E-state index in [1.54, 1.807) is 19.1 Å². The van der Waals surface area contributed by atoms with Crippen molar-refractivity contribution in [2.45, 2.75) is 44.6 Å². The van der Waals surface area contributed by atoms with Crippen LogP contribution >= 0.6 is 0 Å². The first-order chi connectivity index (χ1) is 12.5. The van der Waals surface area contributed by atoms with Gasteiger partial charge >= 0.3 is 0 Å². The number of aryl methyl sites for hydroxylation is 1. The lowest BCUT2D eigenvalue weighted by molar-refractivity contribution is -0.119. The maximum absolute atomic E-state index is 13.7. The number of H-pyrrole nitrogens is 1. The minimum absolute atomic E-state index is 0.0264. The van der Waals surface area contributed by atoms with Crippen molar-refractivity contribution in [2.75, 3.05) is 0 Å². The summed E-state index contributed by atoms with van der Waals surface area (Å²) in [7, 11) is 0. The monoisotopic (exact) mass is 352 g/mol. The van der Waals surface area contributed by atoms with Crippen molar-refractivity contribution < 1.29 is 9.18 Å². The minimum Gasteiger partial charge on any atom is -0.350 e. The van der Waals surface area contributed by atoms with Crippen LogP contribution in [-0.2, 0) is 4.79 Å². The third-order valence-corrected chi connectivity index (χ3v) is 5.11. The van der Waals surface area contributed by atoms with Crippen LogP contribution in [0.15, 0.2) is 41.2 Å². The van der Waals surface area contributed by atoms with Crippen LogP contribution in [0.4, 0.5) is 4.39 Å². The second-order valence-electron chi connectivity index (χ2n) is 7.19. The summed E-state index contributed by atoms with van der Waals surface area (Å²) in [5.41, 5.74) is 3.62. The molecule has 0 spiro atoms. The molecule has 1 aromatic carbocycles. The zero-order valence-electron chi connectivity index (χ0n) is 14.6. The highest BCUT2D eigenvalue weighted by Crippen LogP contribution is 2.38. The van der Waals surface area contributed by atoms with Gasteiger partial charge in [0.1, 0.15) is 5.82 Å². The normalized spacial score (nSPS) is 20.3. The smallest absolute Gasteiger partial charge is 0.251 e. The molecule has 2 heterocycles. The van der Waals surface area contributed by atoms with E-state index in [9.17, 15) is 14.0 Å². The number of hydrogen-bond donors (Lipinski definition) is 2. The van der Waals surface area contributed by atoms with E-state index in [1.165, 1.54) is 6.07 Å². The summed E-state index contributed by atoms with van der Waals surface area (Å²) in [5.74, 6) is 0.140. The highest BCUT2D eigenvalue weighted by molar-refractivity contribution is 5.82. The molecule has 2 fully saturated rings. The molecule has 1 aromatic heterocycles. The van der Waals surface area contributed by atoms with E-state index in [1.807, 2.05) is 18.2 Å². The Morgan fingerprint density at radius 3 is 2.58 bits per heavy atom. The Balaban J connectivity index is 1.78. The number of pyridine rings is 1. The van der Waals surface area contributed by atoms with Crippen molar-refractivity contribution in [1.82, 2.24) is 10.3 Å². The molecule has 2 aromatic rings. The van der Waals surface area contributed by atoms with Crippen molar-refractivity contribution in [3.05, 3.63) is 75.0 Å². The molecule has 2 N–H and O–H groups in total. The number of nitrogens with one attached hydrogen (secondary N) is 2. The van der Waals surface area contributed by atoms with Gasteiger partial charge in [0.2, 0.25) is 5.91 Å². The van der Waals surface area contributed by atoms with Gasteiger partial charge in [-0.15, -0.1) is 0 Å².